The van der Waals surface area contributed by atoms with E-state index in [0.29, 0.717) is 23.6 Å². The molecule has 0 aromatic rings. The van der Waals surface area contributed by atoms with Crippen molar-refractivity contribution in [2.75, 3.05) is 27.2 Å². The first-order valence-electron chi connectivity index (χ1n) is 10.2. The van der Waals surface area contributed by atoms with Crippen molar-refractivity contribution in [3.05, 3.63) is 10.6 Å². The summed E-state index contributed by atoms with van der Waals surface area (Å²) < 4.78 is 27.9. The smallest absolute Gasteiger partial charge is 0.353 e. The van der Waals surface area contributed by atoms with Crippen LogP contribution in [0, 0.1) is 11.8 Å². The molecule has 14 heteroatoms. The minimum absolute atomic E-state index is 0.00888. The molecule has 1 amide bonds. The van der Waals surface area contributed by atoms with Crippen molar-refractivity contribution in [1.82, 2.24) is 19.7 Å². The number of rotatable bonds is 10. The first-order valence-corrected chi connectivity index (χ1v) is 12.5. The summed E-state index contributed by atoms with van der Waals surface area (Å²) >= 11 is 1.40. The second-order valence-electron chi connectivity index (χ2n) is 8.00. The number of aliphatic hydroxyl groups excluding tert-OH is 1. The molecule has 0 aliphatic carbocycles. The van der Waals surface area contributed by atoms with Gasteiger partial charge < -0.3 is 25.3 Å². The molecule has 5 N–H and O–H groups in total. The Kier molecular flexibility index (Phi) is 7.51. The standard InChI is InChI=1S/C18H29N5O7S2/c1-8-14-13(9(2)24)17(25)23(14)15(18(26)27)16(8)31-10-5-11(20-6-10)12(22-30-4)7-21-32(28,29)19-3/h8-11,13-14,19-21,24H,5-7H2,1-4H3,(H,26,27)/b22-12+/t8-,9-,10+,11+,13-,14-/m1/s1. The number of carbonyl (C=O) groups excluding carboxylic acids is 1. The zero-order chi connectivity index (χ0) is 23.8. The van der Waals surface area contributed by atoms with Gasteiger partial charge >= 0.3 is 5.97 Å². The second kappa shape index (κ2) is 9.65. The summed E-state index contributed by atoms with van der Waals surface area (Å²) in [5.41, 5.74) is 0.458. The maximum atomic E-state index is 12.5. The van der Waals surface area contributed by atoms with Crippen LogP contribution in [0.25, 0.3) is 0 Å². The molecule has 2 saturated heterocycles. The van der Waals surface area contributed by atoms with Crippen LogP contribution < -0.4 is 14.8 Å². The molecule has 180 valence electrons. The van der Waals surface area contributed by atoms with E-state index < -0.39 is 28.2 Å². The van der Waals surface area contributed by atoms with Crippen LogP contribution in [-0.4, -0.2) is 91.8 Å². The molecular formula is C18H29N5O7S2. The SMILES string of the molecule is CNS(=O)(=O)NC/C(=N\OC)[C@@H]1C[C@H](SC2=C(C(=O)O)N3C(=O)[C@H]([C@@H](C)O)[C@H]3[C@H]2C)CN1. The fourth-order valence-corrected chi connectivity index (χ4v) is 6.44. The van der Waals surface area contributed by atoms with Gasteiger partial charge in [0.2, 0.25) is 5.91 Å². The lowest BCUT2D eigenvalue weighted by Gasteiger charge is -2.46. The van der Waals surface area contributed by atoms with Gasteiger partial charge in [-0.1, -0.05) is 12.1 Å². The zero-order valence-corrected chi connectivity index (χ0v) is 19.9. The van der Waals surface area contributed by atoms with Crippen molar-refractivity contribution in [2.24, 2.45) is 17.0 Å². The highest BCUT2D eigenvalue weighted by molar-refractivity contribution is 8.03. The normalized spacial score (nSPS) is 31.5. The topological polar surface area (TPSA) is 170 Å². The minimum atomic E-state index is -3.64. The van der Waals surface area contributed by atoms with Crippen LogP contribution >= 0.6 is 11.8 Å². The number of amides is 1. The summed E-state index contributed by atoms with van der Waals surface area (Å²) in [4.78, 5) is 31.2. The lowest BCUT2D eigenvalue weighted by molar-refractivity contribution is -0.163. The molecule has 3 rings (SSSR count). The Labute approximate surface area is 191 Å². The average molecular weight is 492 g/mol. The van der Waals surface area contributed by atoms with E-state index in [1.165, 1.54) is 30.8 Å². The summed E-state index contributed by atoms with van der Waals surface area (Å²) in [7, 11) is -0.975. The minimum Gasteiger partial charge on any atom is -0.477 e. The number of carboxylic acids is 1. The van der Waals surface area contributed by atoms with Crippen molar-refractivity contribution in [2.45, 2.75) is 43.7 Å². The monoisotopic (exact) mass is 491 g/mol. The van der Waals surface area contributed by atoms with E-state index in [1.807, 2.05) is 6.92 Å². The van der Waals surface area contributed by atoms with Gasteiger partial charge in [0.1, 0.15) is 12.8 Å². The first kappa shape index (κ1) is 24.9. The third-order valence-corrected chi connectivity index (χ3v) is 8.59. The number of β-lactam (4-membered cyclic amide) rings is 1. The summed E-state index contributed by atoms with van der Waals surface area (Å²) in [5.74, 6) is -2.34. The van der Waals surface area contributed by atoms with E-state index in [0.717, 1.165) is 0 Å². The number of thioether (sulfide) groups is 1. The molecule has 2 fully saturated rings. The van der Waals surface area contributed by atoms with Gasteiger partial charge in [0.15, 0.2) is 0 Å². The van der Waals surface area contributed by atoms with Crippen molar-refractivity contribution >= 4 is 39.6 Å². The molecular weight excluding hydrogens is 462 g/mol. The number of hydrogen-bond acceptors (Lipinski definition) is 9. The predicted octanol–water partition coefficient (Wildman–Crippen LogP) is -1.34. The quantitative estimate of drug-likeness (QED) is 0.141. The molecule has 32 heavy (non-hydrogen) atoms. The Morgan fingerprint density at radius 1 is 1.47 bits per heavy atom. The number of carbonyl (C=O) groups is 2. The van der Waals surface area contributed by atoms with E-state index in [-0.39, 0.29) is 41.4 Å². The predicted molar refractivity (Wildman–Crippen MR) is 118 cm³/mol. The molecule has 0 saturated carbocycles. The fourth-order valence-electron chi connectivity index (χ4n) is 4.48. The Balaban J connectivity index is 1.72. The van der Waals surface area contributed by atoms with Crippen molar-refractivity contribution in [1.29, 1.82) is 0 Å². The molecule has 3 aliphatic heterocycles. The van der Waals surface area contributed by atoms with E-state index in [2.05, 4.69) is 19.9 Å². The van der Waals surface area contributed by atoms with E-state index in [4.69, 9.17) is 4.84 Å². The van der Waals surface area contributed by atoms with Crippen molar-refractivity contribution < 1.29 is 33.1 Å². The number of hydrogen-bond donors (Lipinski definition) is 5. The fraction of sp³-hybridized carbons (Fsp3) is 0.722. The Morgan fingerprint density at radius 3 is 2.72 bits per heavy atom. The largest absolute Gasteiger partial charge is 0.477 e. The Hall–Kier alpha value is -1.71. The summed E-state index contributed by atoms with van der Waals surface area (Å²) in [5, 5.41) is 26.9. The van der Waals surface area contributed by atoms with Gasteiger partial charge in [-0.3, -0.25) is 4.79 Å². The van der Waals surface area contributed by atoms with Crippen molar-refractivity contribution in [3.63, 3.8) is 0 Å². The molecule has 0 radical (unpaired) electrons. The maximum Gasteiger partial charge on any atom is 0.353 e. The van der Waals surface area contributed by atoms with Gasteiger partial charge in [0, 0.05) is 29.7 Å². The van der Waals surface area contributed by atoms with E-state index in [1.54, 1.807) is 6.92 Å². The highest BCUT2D eigenvalue weighted by Gasteiger charge is 2.60. The van der Waals surface area contributed by atoms with Gasteiger partial charge in [-0.2, -0.15) is 13.1 Å². The number of aliphatic hydroxyl groups is 1. The number of fused-ring (bicyclic) bond motifs is 1. The third-order valence-electron chi connectivity index (χ3n) is 6.02. The summed E-state index contributed by atoms with van der Waals surface area (Å²) in [6.07, 6.45) is -0.285. The molecule has 0 spiro atoms. The zero-order valence-electron chi connectivity index (χ0n) is 18.2. The number of nitrogens with one attached hydrogen (secondary N) is 3. The van der Waals surface area contributed by atoms with Crippen LogP contribution in [0.2, 0.25) is 0 Å². The molecule has 3 heterocycles. The number of oxime groups is 1. The number of carboxylic acid groups (broad SMARTS) is 1. The van der Waals surface area contributed by atoms with Crippen LogP contribution in [0.4, 0.5) is 0 Å². The second-order valence-corrected chi connectivity index (χ2v) is 11.0. The molecule has 0 unspecified atom stereocenters. The molecule has 0 aromatic carbocycles. The first-order chi connectivity index (χ1) is 15.0. The van der Waals surface area contributed by atoms with Gasteiger partial charge in [0.25, 0.3) is 10.2 Å². The van der Waals surface area contributed by atoms with Gasteiger partial charge in [-0.15, -0.1) is 11.8 Å². The molecule has 6 atom stereocenters. The van der Waals surface area contributed by atoms with Crippen LogP contribution in [0.15, 0.2) is 15.8 Å². The average Bonchev–Trinajstić information content (AvgIpc) is 3.27. The molecule has 0 bridgehead atoms. The van der Waals surface area contributed by atoms with Crippen LogP contribution in [0.3, 0.4) is 0 Å². The lowest BCUT2D eigenvalue weighted by atomic mass is 9.79. The molecule has 12 nitrogen and oxygen atoms in total. The van der Waals surface area contributed by atoms with Crippen LogP contribution in [-0.2, 0) is 24.6 Å². The van der Waals surface area contributed by atoms with Crippen LogP contribution in [0.1, 0.15) is 20.3 Å². The Bertz CT molecular complexity index is 936. The lowest BCUT2D eigenvalue weighted by Crippen LogP contribution is -2.63. The number of aliphatic carboxylic acids is 1. The van der Waals surface area contributed by atoms with Gasteiger partial charge in [-0.25, -0.2) is 9.52 Å². The maximum absolute atomic E-state index is 12.5. The highest BCUT2D eigenvalue weighted by Crippen LogP contribution is 2.51. The van der Waals surface area contributed by atoms with Crippen molar-refractivity contribution in [3.8, 4) is 0 Å². The Morgan fingerprint density at radius 2 is 2.16 bits per heavy atom. The molecule has 3 aliphatic rings. The van der Waals surface area contributed by atoms with E-state index >= 15 is 0 Å². The highest BCUT2D eigenvalue weighted by atomic mass is 32.2. The summed E-state index contributed by atoms with van der Waals surface area (Å²) in [6.45, 7) is 3.91. The summed E-state index contributed by atoms with van der Waals surface area (Å²) in [6, 6.07) is -0.621. The van der Waals surface area contributed by atoms with Gasteiger partial charge in [-0.05, 0) is 13.3 Å². The third kappa shape index (κ3) is 4.65. The van der Waals surface area contributed by atoms with Gasteiger partial charge in [0.05, 0.1) is 36.4 Å². The molecule has 0 aromatic heterocycles. The van der Waals surface area contributed by atoms with Crippen LogP contribution in [0.5, 0.6) is 0 Å². The number of nitrogens with zero attached hydrogens (tertiary/aromatic N) is 2. The van der Waals surface area contributed by atoms with E-state index in [9.17, 15) is 28.2 Å².